The Kier molecular flexibility index (Phi) is 7.14. The Balaban J connectivity index is 1.34. The molecule has 1 aliphatic rings. The molecule has 0 radical (unpaired) electrons. The van der Waals surface area contributed by atoms with Crippen LogP contribution in [0.1, 0.15) is 5.56 Å². The number of rotatable bonds is 6. The Morgan fingerprint density at radius 3 is 2.25 bits per heavy atom. The van der Waals surface area contributed by atoms with Gasteiger partial charge in [-0.1, -0.05) is 41.9 Å². The van der Waals surface area contributed by atoms with Crippen molar-refractivity contribution in [2.24, 2.45) is 0 Å². The molecule has 6 nitrogen and oxygen atoms in total. The number of amides is 3. The molecular weight excluding hydrogens is 376 g/mol. The second-order valence-electron chi connectivity index (χ2n) is 6.69. The lowest BCUT2D eigenvalue weighted by molar-refractivity contribution is -0.120. The molecule has 0 aliphatic carbocycles. The molecule has 2 aromatic carbocycles. The second kappa shape index (κ2) is 9.99. The third-order valence-corrected chi connectivity index (χ3v) is 4.99. The number of carbonyl (C=O) groups excluding carboxylic acids is 2. The van der Waals surface area contributed by atoms with Gasteiger partial charge in [-0.15, -0.1) is 0 Å². The Labute approximate surface area is 170 Å². The van der Waals surface area contributed by atoms with E-state index in [1.807, 2.05) is 54.6 Å². The third-order valence-electron chi connectivity index (χ3n) is 4.74. The zero-order valence-corrected chi connectivity index (χ0v) is 16.5. The summed E-state index contributed by atoms with van der Waals surface area (Å²) >= 11 is 5.93. The van der Waals surface area contributed by atoms with Gasteiger partial charge in [-0.2, -0.15) is 0 Å². The number of hydrogen-bond donors (Lipinski definition) is 2. The van der Waals surface area contributed by atoms with E-state index in [2.05, 4.69) is 15.5 Å². The molecule has 3 amide bonds. The van der Waals surface area contributed by atoms with Gasteiger partial charge in [0.2, 0.25) is 5.91 Å². The van der Waals surface area contributed by atoms with E-state index in [0.29, 0.717) is 24.7 Å². The summed E-state index contributed by atoms with van der Waals surface area (Å²) < 4.78 is 0. The Morgan fingerprint density at radius 2 is 1.57 bits per heavy atom. The molecule has 1 saturated heterocycles. The van der Waals surface area contributed by atoms with Crippen molar-refractivity contribution in [3.63, 3.8) is 0 Å². The minimum atomic E-state index is -0.200. The number of urea groups is 1. The van der Waals surface area contributed by atoms with Gasteiger partial charge in [0.05, 0.1) is 6.54 Å². The monoisotopic (exact) mass is 400 g/mol. The van der Waals surface area contributed by atoms with Crippen LogP contribution in [-0.2, 0) is 11.2 Å². The molecule has 0 aromatic heterocycles. The van der Waals surface area contributed by atoms with Crippen LogP contribution in [0.2, 0.25) is 5.02 Å². The molecule has 1 fully saturated rings. The van der Waals surface area contributed by atoms with E-state index in [9.17, 15) is 9.59 Å². The molecule has 1 aliphatic heterocycles. The van der Waals surface area contributed by atoms with Crippen LogP contribution in [-0.4, -0.2) is 56.1 Å². The number of piperazine rings is 1. The number of anilines is 1. The van der Waals surface area contributed by atoms with Gasteiger partial charge in [0.15, 0.2) is 0 Å². The Bertz CT molecular complexity index is 775. The quantitative estimate of drug-likeness (QED) is 0.783. The van der Waals surface area contributed by atoms with Gasteiger partial charge in [-0.05, 0) is 36.2 Å². The predicted molar refractivity (Wildman–Crippen MR) is 112 cm³/mol. The van der Waals surface area contributed by atoms with Crippen LogP contribution in [0.15, 0.2) is 54.6 Å². The van der Waals surface area contributed by atoms with Crippen molar-refractivity contribution < 1.29 is 9.59 Å². The van der Waals surface area contributed by atoms with E-state index in [-0.39, 0.29) is 18.5 Å². The molecule has 148 valence electrons. The molecule has 28 heavy (non-hydrogen) atoms. The van der Waals surface area contributed by atoms with Gasteiger partial charge in [0, 0.05) is 43.4 Å². The summed E-state index contributed by atoms with van der Waals surface area (Å²) in [6.45, 7) is 3.27. The van der Waals surface area contributed by atoms with Crippen molar-refractivity contribution in [3.8, 4) is 0 Å². The van der Waals surface area contributed by atoms with Gasteiger partial charge < -0.3 is 20.4 Å². The summed E-state index contributed by atoms with van der Waals surface area (Å²) in [5.74, 6) is -0.177. The lowest BCUT2D eigenvalue weighted by atomic mass is 10.1. The van der Waals surface area contributed by atoms with E-state index >= 15 is 0 Å². The van der Waals surface area contributed by atoms with Crippen molar-refractivity contribution in [2.75, 3.05) is 44.2 Å². The highest BCUT2D eigenvalue weighted by Gasteiger charge is 2.21. The molecule has 7 heteroatoms. The topological polar surface area (TPSA) is 64.7 Å². The summed E-state index contributed by atoms with van der Waals surface area (Å²) in [6, 6.07) is 17.5. The maximum absolute atomic E-state index is 12.3. The van der Waals surface area contributed by atoms with Crippen molar-refractivity contribution in [1.82, 2.24) is 15.5 Å². The normalized spacial score (nSPS) is 13.9. The largest absolute Gasteiger partial charge is 0.368 e. The van der Waals surface area contributed by atoms with Crippen LogP contribution in [0.3, 0.4) is 0 Å². The lowest BCUT2D eigenvalue weighted by Gasteiger charge is -2.36. The summed E-state index contributed by atoms with van der Waals surface area (Å²) in [6.07, 6.45) is 0.771. The van der Waals surface area contributed by atoms with Gasteiger partial charge in [-0.3, -0.25) is 4.79 Å². The van der Waals surface area contributed by atoms with Crippen LogP contribution >= 0.6 is 11.6 Å². The fourth-order valence-electron chi connectivity index (χ4n) is 3.14. The van der Waals surface area contributed by atoms with Crippen LogP contribution in [0.5, 0.6) is 0 Å². The lowest BCUT2D eigenvalue weighted by Crippen LogP contribution is -2.53. The van der Waals surface area contributed by atoms with Crippen LogP contribution in [0.25, 0.3) is 0 Å². The maximum atomic E-state index is 12.3. The smallest absolute Gasteiger partial charge is 0.317 e. The van der Waals surface area contributed by atoms with E-state index in [1.165, 1.54) is 5.56 Å². The number of carbonyl (C=O) groups is 2. The number of benzene rings is 2. The second-order valence-corrected chi connectivity index (χ2v) is 7.13. The summed E-state index contributed by atoms with van der Waals surface area (Å²) in [4.78, 5) is 28.2. The minimum absolute atomic E-state index is 0.00891. The zero-order chi connectivity index (χ0) is 19.8. The van der Waals surface area contributed by atoms with Gasteiger partial charge in [0.1, 0.15) is 0 Å². The zero-order valence-electron chi connectivity index (χ0n) is 15.7. The Morgan fingerprint density at radius 1 is 0.893 bits per heavy atom. The first kappa shape index (κ1) is 20.0. The molecule has 1 heterocycles. The van der Waals surface area contributed by atoms with Crippen LogP contribution < -0.4 is 15.5 Å². The van der Waals surface area contributed by atoms with E-state index in [1.54, 1.807) is 4.90 Å². The number of nitrogens with one attached hydrogen (secondary N) is 2. The number of nitrogens with zero attached hydrogens (tertiary/aromatic N) is 2. The van der Waals surface area contributed by atoms with Gasteiger partial charge in [-0.25, -0.2) is 4.79 Å². The van der Waals surface area contributed by atoms with Gasteiger partial charge in [0.25, 0.3) is 0 Å². The highest BCUT2D eigenvalue weighted by atomic mass is 35.5. The van der Waals surface area contributed by atoms with Crippen molar-refractivity contribution in [2.45, 2.75) is 6.42 Å². The Hall–Kier alpha value is -2.73. The molecule has 2 aromatic rings. The molecule has 0 saturated carbocycles. The molecule has 2 N–H and O–H groups in total. The average molecular weight is 401 g/mol. The maximum Gasteiger partial charge on any atom is 0.317 e. The van der Waals surface area contributed by atoms with E-state index < -0.39 is 0 Å². The highest BCUT2D eigenvalue weighted by Crippen LogP contribution is 2.19. The number of hydrogen-bond acceptors (Lipinski definition) is 3. The molecule has 3 rings (SSSR count). The van der Waals surface area contributed by atoms with E-state index in [0.717, 1.165) is 25.2 Å². The standard InChI is InChI=1S/C21H25ClN4O2/c22-18-6-8-19(9-7-18)25-12-14-26(15-13-25)21(28)24-16-20(27)23-11-10-17-4-2-1-3-5-17/h1-9H,10-16H2,(H,23,27)(H,24,28). The molecule has 0 unspecified atom stereocenters. The third kappa shape index (κ3) is 5.89. The van der Waals surface area contributed by atoms with Crippen molar-refractivity contribution >= 4 is 29.2 Å². The molecule has 0 bridgehead atoms. The number of halogens is 1. The fourth-order valence-corrected chi connectivity index (χ4v) is 3.27. The van der Waals surface area contributed by atoms with Gasteiger partial charge >= 0.3 is 6.03 Å². The molecule has 0 atom stereocenters. The first-order valence-corrected chi connectivity index (χ1v) is 9.83. The summed E-state index contributed by atoms with van der Waals surface area (Å²) in [5.41, 5.74) is 2.27. The minimum Gasteiger partial charge on any atom is -0.368 e. The van der Waals surface area contributed by atoms with Crippen molar-refractivity contribution in [1.29, 1.82) is 0 Å². The summed E-state index contributed by atoms with van der Waals surface area (Å²) in [5, 5.41) is 6.25. The first-order valence-electron chi connectivity index (χ1n) is 9.46. The SMILES string of the molecule is O=C(CNC(=O)N1CCN(c2ccc(Cl)cc2)CC1)NCCc1ccccc1. The molecule has 0 spiro atoms. The average Bonchev–Trinajstić information content (AvgIpc) is 2.73. The summed E-state index contributed by atoms with van der Waals surface area (Å²) in [7, 11) is 0. The molecular formula is C21H25ClN4O2. The predicted octanol–water partition coefficient (Wildman–Crippen LogP) is 2.53. The van der Waals surface area contributed by atoms with E-state index in [4.69, 9.17) is 11.6 Å². The van der Waals surface area contributed by atoms with Crippen LogP contribution in [0.4, 0.5) is 10.5 Å². The first-order chi connectivity index (χ1) is 13.6. The van der Waals surface area contributed by atoms with Crippen LogP contribution in [0, 0.1) is 0 Å². The fraction of sp³-hybridized carbons (Fsp3) is 0.333. The van der Waals surface area contributed by atoms with Crippen molar-refractivity contribution in [3.05, 3.63) is 65.2 Å². The highest BCUT2D eigenvalue weighted by molar-refractivity contribution is 6.30.